The van der Waals surface area contributed by atoms with Crippen LogP contribution in [0, 0.1) is 0 Å². The molecule has 0 aliphatic heterocycles. The van der Waals surface area contributed by atoms with E-state index in [4.69, 9.17) is 4.74 Å². The van der Waals surface area contributed by atoms with E-state index in [0.717, 1.165) is 12.8 Å². The number of aryl methyl sites for hydroxylation is 1. The Morgan fingerprint density at radius 2 is 1.45 bits per heavy atom. The SMILES string of the molecule is CC(CCc1ccccc1)NC(=O)COC(=O)Cn1c2ccccc2c(=O)c2ccccc21. The van der Waals surface area contributed by atoms with Crippen molar-refractivity contribution in [2.24, 2.45) is 0 Å². The summed E-state index contributed by atoms with van der Waals surface area (Å²) in [6.45, 7) is 1.49. The summed E-state index contributed by atoms with van der Waals surface area (Å²) in [6.07, 6.45) is 1.65. The third-order valence-electron chi connectivity index (χ3n) is 5.65. The van der Waals surface area contributed by atoms with Crippen molar-refractivity contribution in [2.45, 2.75) is 32.4 Å². The predicted molar refractivity (Wildman–Crippen MR) is 129 cm³/mol. The van der Waals surface area contributed by atoms with Crippen LogP contribution in [0.4, 0.5) is 0 Å². The maximum absolute atomic E-state index is 12.8. The Bertz CT molecular complexity index is 1280. The molecule has 4 aromatic rings. The van der Waals surface area contributed by atoms with Gasteiger partial charge in [-0.3, -0.25) is 14.4 Å². The predicted octanol–water partition coefficient (Wildman–Crippen LogP) is 3.84. The summed E-state index contributed by atoms with van der Waals surface area (Å²) in [5.74, 6) is -0.875. The number of hydrogen-bond acceptors (Lipinski definition) is 4. The van der Waals surface area contributed by atoms with E-state index in [9.17, 15) is 14.4 Å². The van der Waals surface area contributed by atoms with Crippen LogP contribution < -0.4 is 10.7 Å². The number of esters is 1. The first-order valence-electron chi connectivity index (χ1n) is 11.0. The number of pyridine rings is 1. The molecule has 6 nitrogen and oxygen atoms in total. The summed E-state index contributed by atoms with van der Waals surface area (Å²) in [5, 5.41) is 3.94. The molecule has 1 atom stereocenters. The molecule has 4 rings (SSSR count). The van der Waals surface area contributed by atoms with Crippen LogP contribution in [-0.4, -0.2) is 29.1 Å². The van der Waals surface area contributed by atoms with E-state index in [1.807, 2.05) is 37.3 Å². The minimum atomic E-state index is -0.541. The highest BCUT2D eigenvalue weighted by atomic mass is 16.5. The Morgan fingerprint density at radius 1 is 0.879 bits per heavy atom. The fourth-order valence-corrected chi connectivity index (χ4v) is 3.98. The second-order valence-corrected chi connectivity index (χ2v) is 8.10. The first kappa shape index (κ1) is 22.3. The van der Waals surface area contributed by atoms with Gasteiger partial charge in [0.15, 0.2) is 12.0 Å². The highest BCUT2D eigenvalue weighted by Crippen LogP contribution is 2.19. The number of ether oxygens (including phenoxy) is 1. The molecule has 0 saturated carbocycles. The lowest BCUT2D eigenvalue weighted by molar-refractivity contribution is -0.149. The molecule has 1 unspecified atom stereocenters. The molecule has 6 heteroatoms. The third kappa shape index (κ3) is 5.29. The molecular formula is C27H26N2O4. The van der Waals surface area contributed by atoms with Crippen molar-refractivity contribution in [1.82, 2.24) is 9.88 Å². The molecule has 1 aromatic heterocycles. The smallest absolute Gasteiger partial charge is 0.326 e. The zero-order valence-corrected chi connectivity index (χ0v) is 18.5. The van der Waals surface area contributed by atoms with Crippen LogP contribution in [0.5, 0.6) is 0 Å². The number of carbonyl (C=O) groups excluding carboxylic acids is 2. The number of para-hydroxylation sites is 2. The van der Waals surface area contributed by atoms with Gasteiger partial charge in [-0.2, -0.15) is 0 Å². The van der Waals surface area contributed by atoms with Gasteiger partial charge in [0.1, 0.15) is 6.54 Å². The van der Waals surface area contributed by atoms with E-state index >= 15 is 0 Å². The first-order valence-corrected chi connectivity index (χ1v) is 11.0. The van der Waals surface area contributed by atoms with Crippen LogP contribution in [0.2, 0.25) is 0 Å². The highest BCUT2D eigenvalue weighted by molar-refractivity contribution is 5.94. The van der Waals surface area contributed by atoms with Crippen LogP contribution in [0.3, 0.4) is 0 Å². The van der Waals surface area contributed by atoms with Gasteiger partial charge >= 0.3 is 5.97 Å². The minimum absolute atomic E-state index is 0.0386. The lowest BCUT2D eigenvalue weighted by Crippen LogP contribution is -2.36. The van der Waals surface area contributed by atoms with Gasteiger partial charge in [-0.1, -0.05) is 54.6 Å². The molecular weight excluding hydrogens is 416 g/mol. The minimum Gasteiger partial charge on any atom is -0.454 e. The normalized spacial score (nSPS) is 11.9. The number of benzene rings is 3. The number of hydrogen-bond donors (Lipinski definition) is 1. The number of nitrogens with zero attached hydrogens (tertiary/aromatic N) is 1. The number of fused-ring (bicyclic) bond motifs is 2. The van der Waals surface area contributed by atoms with Gasteiger partial charge in [-0.15, -0.1) is 0 Å². The molecule has 0 spiro atoms. The summed E-state index contributed by atoms with van der Waals surface area (Å²) in [4.78, 5) is 37.6. The van der Waals surface area contributed by atoms with Crippen molar-refractivity contribution in [3.05, 3.63) is 94.6 Å². The zero-order valence-electron chi connectivity index (χ0n) is 18.5. The number of rotatable bonds is 8. The van der Waals surface area contributed by atoms with Crippen LogP contribution in [-0.2, 0) is 27.3 Å². The van der Waals surface area contributed by atoms with Crippen LogP contribution in [0.25, 0.3) is 21.8 Å². The Kier molecular flexibility index (Phi) is 6.83. The molecule has 0 radical (unpaired) electrons. The highest BCUT2D eigenvalue weighted by Gasteiger charge is 2.15. The maximum atomic E-state index is 12.8. The molecule has 168 valence electrons. The lowest BCUT2D eigenvalue weighted by atomic mass is 10.1. The summed E-state index contributed by atoms with van der Waals surface area (Å²) < 4.78 is 7.01. The van der Waals surface area contributed by atoms with E-state index in [1.165, 1.54) is 5.56 Å². The number of aromatic nitrogens is 1. The van der Waals surface area contributed by atoms with Gasteiger partial charge in [0.05, 0.1) is 11.0 Å². The van der Waals surface area contributed by atoms with Crippen molar-refractivity contribution >= 4 is 33.7 Å². The van der Waals surface area contributed by atoms with E-state index in [2.05, 4.69) is 17.4 Å². The van der Waals surface area contributed by atoms with Crippen molar-refractivity contribution in [3.63, 3.8) is 0 Å². The number of amides is 1. The molecule has 1 N–H and O–H groups in total. The van der Waals surface area contributed by atoms with Crippen molar-refractivity contribution in [2.75, 3.05) is 6.61 Å². The summed E-state index contributed by atoms with van der Waals surface area (Å²) in [7, 11) is 0. The molecule has 0 saturated heterocycles. The van der Waals surface area contributed by atoms with Crippen molar-refractivity contribution in [3.8, 4) is 0 Å². The molecule has 3 aromatic carbocycles. The van der Waals surface area contributed by atoms with Gasteiger partial charge in [0.25, 0.3) is 5.91 Å². The van der Waals surface area contributed by atoms with Gasteiger partial charge in [-0.05, 0) is 49.6 Å². The third-order valence-corrected chi connectivity index (χ3v) is 5.65. The molecule has 0 bridgehead atoms. The molecule has 1 amide bonds. The molecule has 0 fully saturated rings. The fourth-order valence-electron chi connectivity index (χ4n) is 3.98. The van der Waals surface area contributed by atoms with Crippen LogP contribution in [0.1, 0.15) is 18.9 Å². The maximum Gasteiger partial charge on any atom is 0.326 e. The summed E-state index contributed by atoms with van der Waals surface area (Å²) >= 11 is 0. The van der Waals surface area contributed by atoms with Gasteiger partial charge in [-0.25, -0.2) is 0 Å². The zero-order chi connectivity index (χ0) is 23.2. The Balaban J connectivity index is 1.38. The van der Waals surface area contributed by atoms with Gasteiger partial charge in [0, 0.05) is 16.8 Å². The molecule has 33 heavy (non-hydrogen) atoms. The second kappa shape index (κ2) is 10.1. The van der Waals surface area contributed by atoms with Crippen LogP contribution in [0.15, 0.2) is 83.7 Å². The largest absolute Gasteiger partial charge is 0.454 e. The Hall–Kier alpha value is -3.93. The first-order chi connectivity index (χ1) is 16.0. The van der Waals surface area contributed by atoms with E-state index in [-0.39, 0.29) is 30.5 Å². The van der Waals surface area contributed by atoms with E-state index in [0.29, 0.717) is 21.8 Å². The average Bonchev–Trinajstić information content (AvgIpc) is 2.85. The molecule has 0 aliphatic carbocycles. The molecule has 1 heterocycles. The second-order valence-electron chi connectivity index (χ2n) is 8.10. The Labute approximate surface area is 191 Å². The van der Waals surface area contributed by atoms with E-state index < -0.39 is 5.97 Å². The van der Waals surface area contributed by atoms with Gasteiger partial charge < -0.3 is 14.6 Å². The van der Waals surface area contributed by atoms with Crippen molar-refractivity contribution < 1.29 is 14.3 Å². The average molecular weight is 443 g/mol. The standard InChI is InChI=1S/C27H26N2O4/c1-19(15-16-20-9-3-2-4-10-20)28-25(30)18-33-26(31)17-29-23-13-7-5-11-21(23)27(32)22-12-6-8-14-24(22)29/h2-14,19H,15-18H2,1H3,(H,28,30). The number of nitrogens with one attached hydrogen (secondary N) is 1. The van der Waals surface area contributed by atoms with Crippen LogP contribution >= 0.6 is 0 Å². The lowest BCUT2D eigenvalue weighted by Gasteiger charge is -2.16. The topological polar surface area (TPSA) is 77.4 Å². The summed E-state index contributed by atoms with van der Waals surface area (Å²) in [5.41, 5.74) is 2.44. The quantitative estimate of drug-likeness (QED) is 0.332. The monoisotopic (exact) mass is 442 g/mol. The molecule has 0 aliphatic rings. The van der Waals surface area contributed by atoms with Gasteiger partial charge in [0.2, 0.25) is 0 Å². The van der Waals surface area contributed by atoms with E-state index in [1.54, 1.807) is 41.0 Å². The van der Waals surface area contributed by atoms with Crippen molar-refractivity contribution in [1.29, 1.82) is 0 Å². The number of carbonyl (C=O) groups is 2. The fraction of sp³-hybridized carbons (Fsp3) is 0.222. The summed E-state index contributed by atoms with van der Waals surface area (Å²) in [6, 6.07) is 24.4. The Morgan fingerprint density at radius 3 is 2.09 bits per heavy atom.